The Morgan fingerprint density at radius 1 is 0.204 bits per heavy atom. The van der Waals surface area contributed by atoms with Crippen LogP contribution in [0.2, 0.25) is 0 Å². The van der Waals surface area contributed by atoms with Gasteiger partial charge in [0, 0.05) is 64.9 Å². The summed E-state index contributed by atoms with van der Waals surface area (Å²) in [4.78, 5) is 4.87. The molecule has 0 saturated heterocycles. The number of nitrogens with zero attached hydrogens (tertiary/aromatic N) is 2. The first kappa shape index (κ1) is 62.9. The molecular formula is C104H68N2OS. The van der Waals surface area contributed by atoms with E-state index in [0.717, 1.165) is 95.0 Å². The van der Waals surface area contributed by atoms with Crippen molar-refractivity contribution in [2.45, 2.75) is 10.8 Å². The molecule has 0 unspecified atom stereocenters. The van der Waals surface area contributed by atoms with Gasteiger partial charge in [0.25, 0.3) is 0 Å². The van der Waals surface area contributed by atoms with Crippen LogP contribution in [0.5, 0.6) is 0 Å². The van der Waals surface area contributed by atoms with E-state index in [4.69, 9.17) is 4.42 Å². The summed E-state index contributed by atoms with van der Waals surface area (Å²) < 4.78 is 9.40. The van der Waals surface area contributed by atoms with Crippen LogP contribution in [0.4, 0.5) is 34.1 Å². The smallest absolute Gasteiger partial charge is 0.136 e. The number of anilines is 6. The third kappa shape index (κ3) is 10.0. The van der Waals surface area contributed by atoms with E-state index in [-0.39, 0.29) is 0 Å². The maximum absolute atomic E-state index is 6.81. The molecule has 0 bridgehead atoms. The van der Waals surface area contributed by atoms with Crippen LogP contribution in [0.25, 0.3) is 109 Å². The lowest BCUT2D eigenvalue weighted by Crippen LogP contribution is -2.28. The van der Waals surface area contributed by atoms with Gasteiger partial charge in [-0.15, -0.1) is 11.3 Å². The largest absolute Gasteiger partial charge is 0.456 e. The Balaban J connectivity index is 0.609. The molecule has 4 heteroatoms. The zero-order valence-electron chi connectivity index (χ0n) is 59.0. The van der Waals surface area contributed by atoms with E-state index in [1.807, 2.05) is 11.3 Å². The van der Waals surface area contributed by atoms with E-state index >= 15 is 0 Å². The zero-order chi connectivity index (χ0) is 71.3. The predicted molar refractivity (Wildman–Crippen MR) is 452 cm³/mol. The van der Waals surface area contributed by atoms with Crippen molar-refractivity contribution in [3.8, 4) is 66.8 Å². The van der Waals surface area contributed by atoms with Crippen molar-refractivity contribution in [1.82, 2.24) is 0 Å². The second kappa shape index (κ2) is 25.6. The highest BCUT2D eigenvalue weighted by molar-refractivity contribution is 7.25. The lowest BCUT2D eigenvalue weighted by atomic mass is 9.67. The van der Waals surface area contributed by atoms with Crippen molar-refractivity contribution in [3.63, 3.8) is 0 Å². The Bertz CT molecular complexity index is 6580. The van der Waals surface area contributed by atoms with Crippen LogP contribution >= 0.6 is 11.3 Å². The van der Waals surface area contributed by atoms with E-state index in [2.05, 4.69) is 422 Å². The van der Waals surface area contributed by atoms with Gasteiger partial charge in [-0.2, -0.15) is 0 Å². The highest BCUT2D eigenvalue weighted by Gasteiger charge is 2.48. The molecule has 0 fully saturated rings. The van der Waals surface area contributed by atoms with Gasteiger partial charge in [-0.1, -0.05) is 303 Å². The molecule has 506 valence electrons. The molecule has 19 aromatic rings. The number of rotatable bonds is 14. The van der Waals surface area contributed by atoms with Gasteiger partial charge in [0.15, 0.2) is 0 Å². The summed E-state index contributed by atoms with van der Waals surface area (Å²) in [6.45, 7) is 0. The normalized spacial score (nSPS) is 13.0. The predicted octanol–water partition coefficient (Wildman–Crippen LogP) is 28.3. The monoisotopic (exact) mass is 1390 g/mol. The zero-order valence-corrected chi connectivity index (χ0v) is 59.8. The molecule has 0 amide bonds. The molecule has 0 atom stereocenters. The fourth-order valence-electron chi connectivity index (χ4n) is 18.0. The summed E-state index contributed by atoms with van der Waals surface area (Å²) >= 11 is 1.86. The molecule has 2 heterocycles. The summed E-state index contributed by atoms with van der Waals surface area (Å²) in [5.74, 6) is 0. The first-order valence-corrected chi connectivity index (χ1v) is 38.0. The number of furan rings is 1. The highest BCUT2D eigenvalue weighted by Crippen LogP contribution is 2.60. The first-order chi connectivity index (χ1) is 53.5. The van der Waals surface area contributed by atoms with Crippen molar-refractivity contribution < 1.29 is 4.42 Å². The molecule has 0 spiro atoms. The Hall–Kier alpha value is -13.6. The second-order valence-corrected chi connectivity index (χ2v) is 29.6. The lowest BCUT2D eigenvalue weighted by molar-refractivity contribution is 0.669. The fraction of sp³-hybridized carbons (Fsp3) is 0.0192. The fourth-order valence-corrected chi connectivity index (χ4v) is 19.1. The van der Waals surface area contributed by atoms with E-state index in [1.165, 1.54) is 92.5 Å². The molecule has 0 saturated carbocycles. The molecule has 2 aliphatic carbocycles. The van der Waals surface area contributed by atoms with Gasteiger partial charge in [-0.3, -0.25) is 0 Å². The summed E-state index contributed by atoms with van der Waals surface area (Å²) in [6.07, 6.45) is 0. The Labute approximate surface area is 632 Å². The third-order valence-corrected chi connectivity index (χ3v) is 24.0. The molecule has 3 nitrogen and oxygen atoms in total. The van der Waals surface area contributed by atoms with Gasteiger partial charge < -0.3 is 14.2 Å². The lowest BCUT2D eigenvalue weighted by Gasteiger charge is -2.35. The van der Waals surface area contributed by atoms with Gasteiger partial charge >= 0.3 is 0 Å². The second-order valence-electron chi connectivity index (χ2n) is 28.5. The maximum atomic E-state index is 6.81. The minimum Gasteiger partial charge on any atom is -0.456 e. The molecule has 2 aliphatic rings. The summed E-state index contributed by atoms with van der Waals surface area (Å²) in [5.41, 5.74) is 31.2. The quantitative estimate of drug-likeness (QED) is 0.108. The first-order valence-electron chi connectivity index (χ1n) is 37.2. The molecule has 2 aromatic heterocycles. The number of hydrogen-bond donors (Lipinski definition) is 0. The number of hydrogen-bond acceptors (Lipinski definition) is 4. The van der Waals surface area contributed by atoms with Crippen molar-refractivity contribution in [2.24, 2.45) is 0 Å². The summed E-state index contributed by atoms with van der Waals surface area (Å²) in [6, 6.07) is 152. The van der Waals surface area contributed by atoms with E-state index in [0.29, 0.717) is 0 Å². The third-order valence-electron chi connectivity index (χ3n) is 22.8. The minimum atomic E-state index is -0.565. The van der Waals surface area contributed by atoms with E-state index in [9.17, 15) is 0 Å². The average molecular weight is 1390 g/mol. The van der Waals surface area contributed by atoms with E-state index < -0.39 is 10.8 Å². The molecule has 0 aliphatic heterocycles. The molecule has 17 aromatic carbocycles. The highest BCUT2D eigenvalue weighted by atomic mass is 32.1. The Kier molecular flexibility index (Phi) is 14.9. The summed E-state index contributed by atoms with van der Waals surface area (Å²) in [7, 11) is 0. The van der Waals surface area contributed by atoms with Gasteiger partial charge in [0.2, 0.25) is 0 Å². The molecule has 0 radical (unpaired) electrons. The van der Waals surface area contributed by atoms with Crippen LogP contribution in [0.3, 0.4) is 0 Å². The van der Waals surface area contributed by atoms with Crippen molar-refractivity contribution in [1.29, 1.82) is 0 Å². The van der Waals surface area contributed by atoms with Crippen molar-refractivity contribution >= 4 is 87.6 Å². The maximum Gasteiger partial charge on any atom is 0.136 e. The van der Waals surface area contributed by atoms with Crippen LogP contribution in [-0.2, 0) is 10.8 Å². The van der Waals surface area contributed by atoms with Crippen molar-refractivity contribution in [3.05, 3.63) is 457 Å². The number of benzene rings is 17. The van der Waals surface area contributed by atoms with Crippen LogP contribution in [0.15, 0.2) is 417 Å². The Morgan fingerprint density at radius 2 is 0.620 bits per heavy atom. The molecular weight excluding hydrogens is 1330 g/mol. The molecule has 0 N–H and O–H groups in total. The van der Waals surface area contributed by atoms with Crippen LogP contribution in [0.1, 0.15) is 44.5 Å². The van der Waals surface area contributed by atoms with Gasteiger partial charge in [0.05, 0.1) is 16.5 Å². The van der Waals surface area contributed by atoms with E-state index in [1.54, 1.807) is 0 Å². The number of para-hydroxylation sites is 2. The molecule has 21 rings (SSSR count). The van der Waals surface area contributed by atoms with Crippen molar-refractivity contribution in [2.75, 3.05) is 9.80 Å². The standard InChI is InChI=1S/C104H68N2OS/c1-6-27-76(28-7-1)103(77-29-8-2-9-30-77)94-41-20-16-38-86(94)88-59-55-83(67-96(88)103)105(80-35-14-5-15-36-80)82-57-61-99-92(66-82)90-58-51-74(65-100(90)107-99)73-26-24-25-72(63-73)71-47-45-69(46-48-71)70-49-53-81(54-50-70)106(98-43-22-18-37-85(98)75-52-62-102-93(64-75)91-40-19-23-44-101(91)108-102)84-56-60-89-87-39-17-21-42-95(87)104(97(89)68-84,78-31-10-3-11-32-78)79-33-12-4-13-34-79/h1-68H. The van der Waals surface area contributed by atoms with Gasteiger partial charge in [0.1, 0.15) is 11.2 Å². The molecule has 108 heavy (non-hydrogen) atoms. The number of fused-ring (bicyclic) bond motifs is 12. The number of thiophene rings is 1. The minimum absolute atomic E-state index is 0.531. The van der Waals surface area contributed by atoms with Gasteiger partial charge in [-0.25, -0.2) is 0 Å². The topological polar surface area (TPSA) is 19.6 Å². The van der Waals surface area contributed by atoms with Crippen LogP contribution < -0.4 is 9.80 Å². The van der Waals surface area contributed by atoms with Gasteiger partial charge in [-0.05, 0) is 215 Å². The average Bonchev–Trinajstić information content (AvgIpc) is 1.54. The van der Waals surface area contributed by atoms with Crippen LogP contribution in [0, 0.1) is 0 Å². The van der Waals surface area contributed by atoms with Crippen LogP contribution in [-0.4, -0.2) is 0 Å². The SMILES string of the molecule is c1ccc(N(c2ccc3c(c2)C(c2ccccc2)(c2ccccc2)c2ccccc2-3)c2ccc3oc4cc(-c5cccc(-c6ccc(-c7ccc(N(c8ccc9c(c8)C(c8ccccc8)(c8ccccc8)c8ccccc8-9)c8ccccc8-c8ccc9sc%10ccccc%10c9c8)cc7)cc6)c5)ccc4c3c2)cc1. The summed E-state index contributed by atoms with van der Waals surface area (Å²) in [5, 5.41) is 4.70. The Morgan fingerprint density at radius 3 is 1.22 bits per heavy atom.